The number of hydrogen-bond acceptors (Lipinski definition) is 7. The number of aryl methyl sites for hydroxylation is 1. The van der Waals surface area contributed by atoms with Crippen molar-refractivity contribution < 1.29 is 33.3 Å². The minimum atomic E-state index is -0.870. The van der Waals surface area contributed by atoms with Gasteiger partial charge in [0.1, 0.15) is 34.8 Å². The summed E-state index contributed by atoms with van der Waals surface area (Å²) in [6.45, 7) is 6.66. The number of rotatable bonds is 9. The first kappa shape index (κ1) is 22.4. The summed E-state index contributed by atoms with van der Waals surface area (Å²) in [5.74, 6) is 0.0979. The van der Waals surface area contributed by atoms with Crippen molar-refractivity contribution in [3.8, 4) is 11.5 Å². The number of furan rings is 1. The number of carbonyl (C=O) groups excluding carboxylic acids is 2. The zero-order valence-corrected chi connectivity index (χ0v) is 18.1. The highest BCUT2D eigenvalue weighted by Gasteiger charge is 2.47. The van der Waals surface area contributed by atoms with Gasteiger partial charge < -0.3 is 28.6 Å². The van der Waals surface area contributed by atoms with Gasteiger partial charge in [0.25, 0.3) is 11.7 Å². The number of likely N-dealkylation sites (tertiary alicyclic amines) is 1. The van der Waals surface area contributed by atoms with Crippen LogP contribution in [0, 0.1) is 6.92 Å². The number of hydrogen-bond donors (Lipinski definition) is 1. The molecule has 1 amide bonds. The van der Waals surface area contributed by atoms with Gasteiger partial charge in [0.05, 0.1) is 31.0 Å². The van der Waals surface area contributed by atoms with E-state index >= 15 is 0 Å². The second-order valence-electron chi connectivity index (χ2n) is 6.96. The first-order valence-corrected chi connectivity index (χ1v) is 10.2. The molecule has 1 atom stereocenters. The zero-order valence-electron chi connectivity index (χ0n) is 18.1. The maximum absolute atomic E-state index is 13.0. The van der Waals surface area contributed by atoms with Crippen LogP contribution in [0.4, 0.5) is 0 Å². The zero-order chi connectivity index (χ0) is 22.5. The summed E-state index contributed by atoms with van der Waals surface area (Å²) in [5, 5.41) is 11.2. The van der Waals surface area contributed by atoms with Crippen LogP contribution in [0.2, 0.25) is 0 Å². The Morgan fingerprint density at radius 2 is 1.87 bits per heavy atom. The molecular weight excluding hydrogens is 402 g/mol. The molecule has 0 saturated carbocycles. The predicted molar refractivity (Wildman–Crippen MR) is 113 cm³/mol. The molecule has 2 heterocycles. The van der Waals surface area contributed by atoms with Crippen LogP contribution in [0.3, 0.4) is 0 Å². The van der Waals surface area contributed by atoms with Gasteiger partial charge in [-0.25, -0.2) is 0 Å². The van der Waals surface area contributed by atoms with E-state index in [2.05, 4.69) is 0 Å². The summed E-state index contributed by atoms with van der Waals surface area (Å²) in [6.07, 6.45) is 0. The quantitative estimate of drug-likeness (QED) is 0.370. The molecular formula is C23H27NO7. The number of ketones is 1. The minimum absolute atomic E-state index is 0.0550. The second kappa shape index (κ2) is 9.70. The topological polar surface area (TPSA) is 98.4 Å². The number of Topliss-reactive ketones (excluding diaryl/α,β-unsaturated/α-hetero) is 1. The van der Waals surface area contributed by atoms with Crippen molar-refractivity contribution in [2.45, 2.75) is 26.8 Å². The lowest BCUT2D eigenvalue weighted by atomic mass is 9.98. The number of aliphatic hydroxyl groups excluding tert-OH is 1. The predicted octanol–water partition coefficient (Wildman–Crippen LogP) is 3.45. The Morgan fingerprint density at radius 3 is 2.48 bits per heavy atom. The molecule has 1 saturated heterocycles. The molecule has 1 aliphatic heterocycles. The molecule has 1 N–H and O–H groups in total. The number of nitrogens with zero attached hydrogens (tertiary/aromatic N) is 1. The molecule has 0 radical (unpaired) electrons. The van der Waals surface area contributed by atoms with Crippen molar-refractivity contribution >= 4 is 17.4 Å². The number of methoxy groups -OCH3 is 1. The van der Waals surface area contributed by atoms with Gasteiger partial charge in [-0.1, -0.05) is 0 Å². The lowest BCUT2D eigenvalue weighted by molar-refractivity contribution is -0.140. The van der Waals surface area contributed by atoms with Crippen LogP contribution in [0.1, 0.15) is 37.0 Å². The molecule has 1 aromatic carbocycles. The Kier molecular flexibility index (Phi) is 7.02. The molecule has 8 nitrogen and oxygen atoms in total. The Bertz CT molecular complexity index is 992. The van der Waals surface area contributed by atoms with Crippen LogP contribution in [0.15, 0.2) is 40.3 Å². The maximum Gasteiger partial charge on any atom is 0.295 e. The first-order valence-electron chi connectivity index (χ1n) is 10.2. The van der Waals surface area contributed by atoms with Gasteiger partial charge in [0.15, 0.2) is 0 Å². The van der Waals surface area contributed by atoms with E-state index in [0.717, 1.165) is 0 Å². The molecule has 2 aromatic rings. The Hall–Kier alpha value is -3.26. The van der Waals surface area contributed by atoms with Crippen LogP contribution in [0.25, 0.3) is 5.76 Å². The highest BCUT2D eigenvalue weighted by atomic mass is 16.5. The summed E-state index contributed by atoms with van der Waals surface area (Å²) in [5.41, 5.74) is 0.240. The highest BCUT2D eigenvalue weighted by Crippen LogP contribution is 2.41. The summed E-state index contributed by atoms with van der Waals surface area (Å²) in [7, 11) is 1.51. The van der Waals surface area contributed by atoms with E-state index in [-0.39, 0.29) is 24.5 Å². The third kappa shape index (κ3) is 4.44. The summed E-state index contributed by atoms with van der Waals surface area (Å²) in [4.78, 5) is 27.1. The second-order valence-corrected chi connectivity index (χ2v) is 6.96. The number of carbonyl (C=O) groups is 2. The van der Waals surface area contributed by atoms with E-state index in [9.17, 15) is 14.7 Å². The molecule has 1 aliphatic rings. The van der Waals surface area contributed by atoms with Crippen LogP contribution >= 0.6 is 0 Å². The fourth-order valence-electron chi connectivity index (χ4n) is 3.57. The van der Waals surface area contributed by atoms with E-state index in [1.165, 1.54) is 12.0 Å². The van der Waals surface area contributed by atoms with E-state index in [1.54, 1.807) is 37.3 Å². The fourth-order valence-corrected chi connectivity index (χ4v) is 3.57. The van der Waals surface area contributed by atoms with Gasteiger partial charge in [0, 0.05) is 19.7 Å². The number of amides is 1. The average molecular weight is 429 g/mol. The Labute approximate surface area is 181 Å². The van der Waals surface area contributed by atoms with Gasteiger partial charge in [-0.05, 0) is 45.0 Å². The van der Waals surface area contributed by atoms with Crippen molar-refractivity contribution in [2.24, 2.45) is 0 Å². The van der Waals surface area contributed by atoms with Crippen molar-refractivity contribution in [1.29, 1.82) is 0 Å². The SMILES string of the molecule is CCOc1ccc(/C(O)=C2/C(=O)C(=O)N(CCOC)C2c2ccc(C)o2)c(OCC)c1. The molecule has 1 aromatic heterocycles. The molecule has 31 heavy (non-hydrogen) atoms. The van der Waals surface area contributed by atoms with Crippen LogP contribution in [0.5, 0.6) is 11.5 Å². The lowest BCUT2D eigenvalue weighted by Gasteiger charge is -2.23. The van der Waals surface area contributed by atoms with Crippen molar-refractivity contribution in [1.82, 2.24) is 4.90 Å². The molecule has 1 fully saturated rings. The van der Waals surface area contributed by atoms with Crippen LogP contribution < -0.4 is 9.47 Å². The Balaban J connectivity index is 2.16. The number of aliphatic hydroxyl groups is 1. The Morgan fingerprint density at radius 1 is 1.13 bits per heavy atom. The average Bonchev–Trinajstić information content (AvgIpc) is 3.28. The van der Waals surface area contributed by atoms with E-state index in [4.69, 9.17) is 18.6 Å². The van der Waals surface area contributed by atoms with Gasteiger partial charge in [-0.2, -0.15) is 0 Å². The molecule has 8 heteroatoms. The van der Waals surface area contributed by atoms with E-state index in [1.807, 2.05) is 13.8 Å². The molecule has 166 valence electrons. The van der Waals surface area contributed by atoms with Crippen LogP contribution in [-0.4, -0.2) is 55.2 Å². The minimum Gasteiger partial charge on any atom is -0.507 e. The largest absolute Gasteiger partial charge is 0.507 e. The first-order chi connectivity index (χ1) is 14.9. The van der Waals surface area contributed by atoms with Crippen molar-refractivity contribution in [3.05, 3.63) is 53.0 Å². The standard InChI is InChI=1S/C23H27NO7/c1-5-29-15-8-9-16(18(13-15)30-6-2)21(25)19-20(17-10-7-14(3)31-17)24(11-12-28-4)23(27)22(19)26/h7-10,13,20,25H,5-6,11-12H2,1-4H3/b21-19-. The number of ether oxygens (including phenoxy) is 3. The summed E-state index contributed by atoms with van der Waals surface area (Å²) < 4.78 is 22.0. The fraction of sp³-hybridized carbons (Fsp3) is 0.391. The normalized spacial score (nSPS) is 17.9. The van der Waals surface area contributed by atoms with E-state index < -0.39 is 17.7 Å². The third-order valence-corrected chi connectivity index (χ3v) is 4.93. The lowest BCUT2D eigenvalue weighted by Crippen LogP contribution is -2.32. The summed E-state index contributed by atoms with van der Waals surface area (Å²) in [6, 6.07) is 7.50. The number of benzene rings is 1. The monoisotopic (exact) mass is 429 g/mol. The van der Waals surface area contributed by atoms with Gasteiger partial charge in [-0.3, -0.25) is 9.59 Å². The van der Waals surface area contributed by atoms with Gasteiger partial charge in [0.2, 0.25) is 0 Å². The molecule has 0 aliphatic carbocycles. The molecule has 3 rings (SSSR count). The maximum atomic E-state index is 13.0. The molecule has 0 bridgehead atoms. The summed E-state index contributed by atoms with van der Waals surface area (Å²) >= 11 is 0. The van der Waals surface area contributed by atoms with E-state index in [0.29, 0.717) is 41.8 Å². The van der Waals surface area contributed by atoms with Gasteiger partial charge in [-0.15, -0.1) is 0 Å². The molecule has 1 unspecified atom stereocenters. The van der Waals surface area contributed by atoms with Gasteiger partial charge >= 0.3 is 0 Å². The van der Waals surface area contributed by atoms with Crippen molar-refractivity contribution in [2.75, 3.05) is 33.5 Å². The third-order valence-electron chi connectivity index (χ3n) is 4.93. The van der Waals surface area contributed by atoms with Crippen molar-refractivity contribution in [3.63, 3.8) is 0 Å². The highest BCUT2D eigenvalue weighted by molar-refractivity contribution is 6.46. The van der Waals surface area contributed by atoms with Crippen LogP contribution in [-0.2, 0) is 14.3 Å². The molecule has 0 spiro atoms. The smallest absolute Gasteiger partial charge is 0.295 e.